The van der Waals surface area contributed by atoms with E-state index in [2.05, 4.69) is 12.2 Å². The molecule has 1 N–H and O–H groups in total. The summed E-state index contributed by atoms with van der Waals surface area (Å²) in [6.07, 6.45) is 1.91. The number of nitrogens with one attached hydrogen (secondary N) is 1. The van der Waals surface area contributed by atoms with Gasteiger partial charge in [-0.1, -0.05) is 43.2 Å². The Labute approximate surface area is 104 Å². The normalized spacial score (nSPS) is 11.7. The van der Waals surface area contributed by atoms with E-state index in [1.807, 2.05) is 38.2 Å². The van der Waals surface area contributed by atoms with Gasteiger partial charge in [0.1, 0.15) is 0 Å². The Morgan fingerprint density at radius 3 is 2.31 bits per heavy atom. The summed E-state index contributed by atoms with van der Waals surface area (Å²) in [5.74, 6) is 0.194. The van der Waals surface area contributed by atoms with Gasteiger partial charge in [-0.05, 0) is 20.4 Å². The number of Topliss-reactive ketones (excluding diaryl/α,β-unsaturated/α-hetero) is 1. The number of aryl methyl sites for hydroxylation is 1. The van der Waals surface area contributed by atoms with Crippen molar-refractivity contribution < 1.29 is 4.79 Å². The van der Waals surface area contributed by atoms with E-state index >= 15 is 0 Å². The van der Waals surface area contributed by atoms with Gasteiger partial charge in [0.2, 0.25) is 0 Å². The third kappa shape index (κ3) is 3.95. The second-order valence-electron chi connectivity index (χ2n) is 3.86. The molecule has 0 aromatic heterocycles. The van der Waals surface area contributed by atoms with Crippen LogP contribution in [0.1, 0.15) is 35.7 Å². The zero-order valence-corrected chi connectivity index (χ0v) is 10.9. The van der Waals surface area contributed by atoms with Gasteiger partial charge in [-0.3, -0.25) is 4.79 Å². The molecule has 16 heavy (non-hydrogen) atoms. The molecule has 1 rings (SSSR count). The number of ketones is 1. The molecule has 1 aromatic carbocycles. The second kappa shape index (κ2) is 7.42. The van der Waals surface area contributed by atoms with Gasteiger partial charge in [-0.25, -0.2) is 0 Å². The topological polar surface area (TPSA) is 29.1 Å². The van der Waals surface area contributed by atoms with E-state index in [9.17, 15) is 4.79 Å². The lowest BCUT2D eigenvalue weighted by atomic mass is 10.00. The van der Waals surface area contributed by atoms with Crippen molar-refractivity contribution in [2.75, 3.05) is 7.05 Å². The molecule has 1 unspecified atom stereocenters. The molecule has 90 valence electrons. The summed E-state index contributed by atoms with van der Waals surface area (Å²) >= 11 is 0. The minimum absolute atomic E-state index is 0. The summed E-state index contributed by atoms with van der Waals surface area (Å²) in [5, 5.41) is 3.07. The molecule has 0 spiro atoms. The van der Waals surface area contributed by atoms with E-state index in [-0.39, 0.29) is 24.2 Å². The first kappa shape index (κ1) is 15.1. The van der Waals surface area contributed by atoms with Crippen molar-refractivity contribution in [2.45, 2.75) is 32.7 Å². The number of rotatable bonds is 5. The summed E-state index contributed by atoms with van der Waals surface area (Å²) < 4.78 is 0. The molecule has 0 aliphatic rings. The molecule has 0 amide bonds. The zero-order valence-electron chi connectivity index (χ0n) is 10.1. The first-order valence-electron chi connectivity index (χ1n) is 5.47. The summed E-state index contributed by atoms with van der Waals surface area (Å²) in [6.45, 7) is 4.11. The lowest BCUT2D eigenvalue weighted by Gasteiger charge is -2.13. The predicted molar refractivity (Wildman–Crippen MR) is 70.5 cm³/mol. The van der Waals surface area contributed by atoms with E-state index in [1.54, 1.807) is 0 Å². The van der Waals surface area contributed by atoms with Crippen molar-refractivity contribution in [1.82, 2.24) is 5.32 Å². The van der Waals surface area contributed by atoms with Crippen LogP contribution in [0.3, 0.4) is 0 Å². The van der Waals surface area contributed by atoms with Crippen LogP contribution in [0, 0.1) is 6.92 Å². The molecule has 0 bridgehead atoms. The van der Waals surface area contributed by atoms with Gasteiger partial charge in [0, 0.05) is 5.56 Å². The first-order chi connectivity index (χ1) is 7.19. The minimum atomic E-state index is -0.0438. The van der Waals surface area contributed by atoms with Crippen LogP contribution in [-0.2, 0) is 0 Å². The van der Waals surface area contributed by atoms with Gasteiger partial charge in [0.05, 0.1) is 6.04 Å². The Morgan fingerprint density at radius 1 is 1.31 bits per heavy atom. The Bertz CT molecular complexity index is 321. The third-order valence-electron chi connectivity index (χ3n) is 2.58. The molecule has 0 saturated carbocycles. The minimum Gasteiger partial charge on any atom is -0.310 e. The van der Waals surface area contributed by atoms with Crippen LogP contribution in [0.5, 0.6) is 0 Å². The lowest BCUT2D eigenvalue weighted by molar-refractivity contribution is 0.0942. The maximum Gasteiger partial charge on any atom is 0.179 e. The molecule has 0 radical (unpaired) electrons. The van der Waals surface area contributed by atoms with Crippen molar-refractivity contribution in [3.8, 4) is 0 Å². The van der Waals surface area contributed by atoms with Gasteiger partial charge in [0.25, 0.3) is 0 Å². The first-order valence-corrected chi connectivity index (χ1v) is 5.47. The molecule has 0 fully saturated rings. The SMILES string of the molecule is CCCC(NC)C(=O)c1ccc(C)cc1.Cl. The highest BCUT2D eigenvalue weighted by Crippen LogP contribution is 2.09. The van der Waals surface area contributed by atoms with E-state index in [1.165, 1.54) is 5.56 Å². The zero-order chi connectivity index (χ0) is 11.3. The molecule has 2 nitrogen and oxygen atoms in total. The quantitative estimate of drug-likeness (QED) is 0.803. The van der Waals surface area contributed by atoms with Crippen LogP contribution in [-0.4, -0.2) is 18.9 Å². The van der Waals surface area contributed by atoms with Crippen LogP contribution in [0.15, 0.2) is 24.3 Å². The monoisotopic (exact) mass is 241 g/mol. The van der Waals surface area contributed by atoms with Gasteiger partial charge >= 0.3 is 0 Å². The molecule has 0 heterocycles. The van der Waals surface area contributed by atoms with E-state index in [0.717, 1.165) is 18.4 Å². The van der Waals surface area contributed by atoms with E-state index < -0.39 is 0 Å². The Balaban J connectivity index is 0.00000225. The number of benzene rings is 1. The molecule has 0 aliphatic carbocycles. The molecule has 1 atom stereocenters. The highest BCUT2D eigenvalue weighted by molar-refractivity contribution is 6.00. The van der Waals surface area contributed by atoms with Crippen LogP contribution < -0.4 is 5.32 Å². The Morgan fingerprint density at radius 2 is 1.88 bits per heavy atom. The maximum atomic E-state index is 12.0. The van der Waals surface area contributed by atoms with Crippen LogP contribution in [0.2, 0.25) is 0 Å². The van der Waals surface area contributed by atoms with Crippen molar-refractivity contribution in [1.29, 1.82) is 0 Å². The third-order valence-corrected chi connectivity index (χ3v) is 2.58. The smallest absolute Gasteiger partial charge is 0.179 e. The fourth-order valence-corrected chi connectivity index (χ4v) is 1.61. The van der Waals surface area contributed by atoms with Crippen LogP contribution >= 0.6 is 12.4 Å². The van der Waals surface area contributed by atoms with Crippen molar-refractivity contribution >= 4 is 18.2 Å². The molecular weight excluding hydrogens is 222 g/mol. The number of carbonyl (C=O) groups is 1. The molecule has 0 aliphatic heterocycles. The fourth-order valence-electron chi connectivity index (χ4n) is 1.61. The van der Waals surface area contributed by atoms with Crippen LogP contribution in [0.25, 0.3) is 0 Å². The maximum absolute atomic E-state index is 12.0. The van der Waals surface area contributed by atoms with Gasteiger partial charge in [-0.2, -0.15) is 0 Å². The summed E-state index contributed by atoms with van der Waals surface area (Å²) in [6, 6.07) is 7.71. The molecule has 0 saturated heterocycles. The van der Waals surface area contributed by atoms with Crippen molar-refractivity contribution in [3.05, 3.63) is 35.4 Å². The number of halogens is 1. The molecule has 3 heteroatoms. The summed E-state index contributed by atoms with van der Waals surface area (Å²) in [4.78, 5) is 12.0. The number of hydrogen-bond donors (Lipinski definition) is 1. The van der Waals surface area contributed by atoms with E-state index in [0.29, 0.717) is 0 Å². The summed E-state index contributed by atoms with van der Waals surface area (Å²) in [5.41, 5.74) is 1.98. The predicted octanol–water partition coefficient (Wildman–Crippen LogP) is 2.99. The standard InChI is InChI=1S/C13H19NO.ClH/c1-4-5-12(14-3)13(15)11-8-6-10(2)7-9-11;/h6-9,12,14H,4-5H2,1-3H3;1H. The highest BCUT2D eigenvalue weighted by atomic mass is 35.5. The lowest BCUT2D eigenvalue weighted by Crippen LogP contribution is -2.33. The average Bonchev–Trinajstić information content (AvgIpc) is 2.26. The van der Waals surface area contributed by atoms with Crippen molar-refractivity contribution in [2.24, 2.45) is 0 Å². The van der Waals surface area contributed by atoms with Gasteiger partial charge < -0.3 is 5.32 Å². The molecular formula is C13H20ClNO. The number of carbonyl (C=O) groups excluding carboxylic acids is 1. The van der Waals surface area contributed by atoms with Gasteiger partial charge in [0.15, 0.2) is 5.78 Å². The largest absolute Gasteiger partial charge is 0.310 e. The Kier molecular flexibility index (Phi) is 7.02. The highest BCUT2D eigenvalue weighted by Gasteiger charge is 2.16. The number of likely N-dealkylation sites (N-methyl/N-ethyl adjacent to an activating group) is 1. The van der Waals surface area contributed by atoms with Gasteiger partial charge in [-0.15, -0.1) is 12.4 Å². The summed E-state index contributed by atoms with van der Waals surface area (Å²) in [7, 11) is 1.84. The Hall–Kier alpha value is -0.860. The second-order valence-corrected chi connectivity index (χ2v) is 3.86. The van der Waals surface area contributed by atoms with Crippen LogP contribution in [0.4, 0.5) is 0 Å². The van der Waals surface area contributed by atoms with Crippen molar-refractivity contribution in [3.63, 3.8) is 0 Å². The average molecular weight is 242 g/mol. The van der Waals surface area contributed by atoms with E-state index in [4.69, 9.17) is 0 Å². The molecule has 1 aromatic rings. The fraction of sp³-hybridized carbons (Fsp3) is 0.462. The number of hydrogen-bond acceptors (Lipinski definition) is 2.